The lowest BCUT2D eigenvalue weighted by Gasteiger charge is -1.93. The van der Waals surface area contributed by atoms with Crippen molar-refractivity contribution in [3.63, 3.8) is 0 Å². The van der Waals surface area contributed by atoms with Gasteiger partial charge in [0.25, 0.3) is 0 Å². The molecule has 0 saturated heterocycles. The van der Waals surface area contributed by atoms with Crippen LogP contribution in [0.25, 0.3) is 0 Å². The predicted octanol–water partition coefficient (Wildman–Crippen LogP) is 1.88. The fourth-order valence-corrected chi connectivity index (χ4v) is 2.11. The van der Waals surface area contributed by atoms with Crippen molar-refractivity contribution < 1.29 is 0 Å². The molecule has 0 aliphatic carbocycles. The Hall–Kier alpha value is -0.280. The van der Waals surface area contributed by atoms with Crippen molar-refractivity contribution in [2.45, 2.75) is 11.5 Å². The molecule has 1 aliphatic heterocycles. The van der Waals surface area contributed by atoms with Crippen LogP contribution >= 0.6 is 23.4 Å². The van der Waals surface area contributed by atoms with Gasteiger partial charge in [-0.2, -0.15) is 16.9 Å². The Morgan fingerprint density at radius 1 is 1.40 bits per heavy atom. The first-order chi connectivity index (χ1) is 4.86. The van der Waals surface area contributed by atoms with Crippen LogP contribution in [0.1, 0.15) is 11.3 Å². The van der Waals surface area contributed by atoms with E-state index in [1.165, 1.54) is 5.56 Å². The van der Waals surface area contributed by atoms with Crippen molar-refractivity contribution in [1.82, 2.24) is 10.2 Å². The van der Waals surface area contributed by atoms with Gasteiger partial charge in [-0.1, -0.05) is 11.6 Å². The summed E-state index contributed by atoms with van der Waals surface area (Å²) in [5, 5.41) is 8.21. The Bertz CT molecular complexity index is 264. The smallest absolute Gasteiger partial charge is 0.152 e. The molecular weight excluding hydrogens is 168 g/mol. The van der Waals surface area contributed by atoms with Gasteiger partial charge < -0.3 is 0 Å². The van der Waals surface area contributed by atoms with E-state index in [9.17, 15) is 0 Å². The van der Waals surface area contributed by atoms with Gasteiger partial charge in [0, 0.05) is 11.5 Å². The lowest BCUT2D eigenvalue weighted by molar-refractivity contribution is 0.962. The van der Waals surface area contributed by atoms with Gasteiger partial charge in [-0.05, 0) is 11.6 Å². The van der Waals surface area contributed by atoms with Crippen LogP contribution in [0, 0.1) is 0 Å². The molecule has 1 aromatic rings. The average Bonchev–Trinajstić information content (AvgIpc) is 2.33. The summed E-state index contributed by atoms with van der Waals surface area (Å²) in [7, 11) is 0. The third-order valence-corrected chi connectivity index (χ3v) is 2.60. The fraction of sp³-hybridized carbons (Fsp3) is 0.333. The topological polar surface area (TPSA) is 25.8 Å². The molecule has 0 fully saturated rings. The van der Waals surface area contributed by atoms with E-state index in [0.29, 0.717) is 5.15 Å². The Balaban J connectivity index is 2.52. The van der Waals surface area contributed by atoms with E-state index in [1.807, 2.05) is 17.8 Å². The molecule has 1 aromatic heterocycles. The SMILES string of the molecule is Clc1cc2c(nn1)CSC2. The number of nitrogens with zero attached hydrogens (tertiary/aromatic N) is 2. The number of halogens is 1. The number of rotatable bonds is 0. The molecule has 0 amide bonds. The summed E-state index contributed by atoms with van der Waals surface area (Å²) in [5.74, 6) is 2.02. The molecule has 4 heteroatoms. The van der Waals surface area contributed by atoms with Crippen molar-refractivity contribution in [3.05, 3.63) is 22.5 Å². The van der Waals surface area contributed by atoms with Gasteiger partial charge in [-0.15, -0.1) is 5.10 Å². The zero-order valence-electron chi connectivity index (χ0n) is 5.17. The summed E-state index contributed by atoms with van der Waals surface area (Å²) in [6.07, 6.45) is 0. The van der Waals surface area contributed by atoms with Crippen LogP contribution in [0.4, 0.5) is 0 Å². The minimum absolute atomic E-state index is 0.501. The highest BCUT2D eigenvalue weighted by Gasteiger charge is 2.12. The Kier molecular flexibility index (Phi) is 1.54. The number of aromatic nitrogens is 2. The molecule has 2 heterocycles. The van der Waals surface area contributed by atoms with Crippen LogP contribution in [0.15, 0.2) is 6.07 Å². The predicted molar refractivity (Wildman–Crippen MR) is 42.0 cm³/mol. The quantitative estimate of drug-likeness (QED) is 0.598. The molecule has 1 aliphatic rings. The van der Waals surface area contributed by atoms with Gasteiger partial charge in [0.05, 0.1) is 5.69 Å². The van der Waals surface area contributed by atoms with Gasteiger partial charge in [0.1, 0.15) is 0 Å². The van der Waals surface area contributed by atoms with E-state index in [4.69, 9.17) is 11.6 Å². The van der Waals surface area contributed by atoms with Gasteiger partial charge >= 0.3 is 0 Å². The van der Waals surface area contributed by atoms with Crippen LogP contribution in [-0.4, -0.2) is 10.2 Å². The molecule has 0 saturated carbocycles. The third-order valence-electron chi connectivity index (χ3n) is 1.43. The molecule has 0 unspecified atom stereocenters. The average molecular weight is 173 g/mol. The van der Waals surface area contributed by atoms with Gasteiger partial charge in [0.15, 0.2) is 5.15 Å². The van der Waals surface area contributed by atoms with E-state index >= 15 is 0 Å². The molecule has 0 atom stereocenters. The van der Waals surface area contributed by atoms with Crippen LogP contribution in [0.3, 0.4) is 0 Å². The van der Waals surface area contributed by atoms with Crippen LogP contribution in [0.2, 0.25) is 5.15 Å². The van der Waals surface area contributed by atoms with E-state index in [1.54, 1.807) is 0 Å². The molecule has 0 N–H and O–H groups in total. The van der Waals surface area contributed by atoms with Crippen molar-refractivity contribution in [3.8, 4) is 0 Å². The van der Waals surface area contributed by atoms with E-state index in [2.05, 4.69) is 10.2 Å². The van der Waals surface area contributed by atoms with E-state index in [-0.39, 0.29) is 0 Å². The highest BCUT2D eigenvalue weighted by molar-refractivity contribution is 7.98. The zero-order chi connectivity index (χ0) is 6.97. The largest absolute Gasteiger partial charge is 0.153 e. The highest BCUT2D eigenvalue weighted by atomic mass is 35.5. The summed E-state index contributed by atoms with van der Waals surface area (Å²) in [5.41, 5.74) is 2.33. The molecule has 2 rings (SSSR count). The van der Waals surface area contributed by atoms with Crippen molar-refractivity contribution in [2.24, 2.45) is 0 Å². The van der Waals surface area contributed by atoms with Crippen LogP contribution < -0.4 is 0 Å². The summed E-state index contributed by atoms with van der Waals surface area (Å²) < 4.78 is 0. The number of hydrogen-bond acceptors (Lipinski definition) is 3. The Labute approximate surface area is 68.0 Å². The highest BCUT2D eigenvalue weighted by Crippen LogP contribution is 2.28. The molecule has 0 aromatic carbocycles. The second-order valence-electron chi connectivity index (χ2n) is 2.13. The third kappa shape index (κ3) is 0.995. The molecular formula is C6H5ClN2S. The van der Waals surface area contributed by atoms with Crippen molar-refractivity contribution in [2.75, 3.05) is 0 Å². The second-order valence-corrected chi connectivity index (χ2v) is 3.50. The number of hydrogen-bond donors (Lipinski definition) is 0. The molecule has 2 nitrogen and oxygen atoms in total. The first-order valence-electron chi connectivity index (χ1n) is 2.95. The number of fused-ring (bicyclic) bond motifs is 1. The molecule has 0 spiro atoms. The Morgan fingerprint density at radius 3 is 3.20 bits per heavy atom. The summed E-state index contributed by atoms with van der Waals surface area (Å²) >= 11 is 7.49. The second kappa shape index (κ2) is 2.40. The van der Waals surface area contributed by atoms with E-state index in [0.717, 1.165) is 17.2 Å². The summed E-state index contributed by atoms with van der Waals surface area (Å²) in [6, 6.07) is 1.89. The van der Waals surface area contributed by atoms with Crippen molar-refractivity contribution >= 4 is 23.4 Å². The maximum absolute atomic E-state index is 5.64. The molecule has 10 heavy (non-hydrogen) atoms. The van der Waals surface area contributed by atoms with Gasteiger partial charge in [-0.3, -0.25) is 0 Å². The van der Waals surface area contributed by atoms with Crippen LogP contribution in [-0.2, 0) is 11.5 Å². The first kappa shape index (κ1) is 6.43. The lowest BCUT2D eigenvalue weighted by atomic mass is 10.3. The maximum Gasteiger partial charge on any atom is 0.152 e. The van der Waals surface area contributed by atoms with Gasteiger partial charge in [-0.25, -0.2) is 0 Å². The maximum atomic E-state index is 5.64. The standard InChI is InChI=1S/C6H5ClN2S/c7-6-1-4-2-10-3-5(4)8-9-6/h1H,2-3H2. The lowest BCUT2D eigenvalue weighted by Crippen LogP contribution is -1.90. The zero-order valence-corrected chi connectivity index (χ0v) is 6.74. The van der Waals surface area contributed by atoms with Gasteiger partial charge in [0.2, 0.25) is 0 Å². The summed E-state index contributed by atoms with van der Waals surface area (Å²) in [6.45, 7) is 0. The van der Waals surface area contributed by atoms with Crippen LogP contribution in [0.5, 0.6) is 0 Å². The molecule has 0 bridgehead atoms. The minimum Gasteiger partial charge on any atom is -0.153 e. The molecule has 52 valence electrons. The Morgan fingerprint density at radius 2 is 2.30 bits per heavy atom. The fourth-order valence-electron chi connectivity index (χ4n) is 0.932. The first-order valence-corrected chi connectivity index (χ1v) is 4.48. The van der Waals surface area contributed by atoms with E-state index < -0.39 is 0 Å². The normalized spacial score (nSPS) is 15.3. The molecule has 0 radical (unpaired) electrons. The summed E-state index contributed by atoms with van der Waals surface area (Å²) in [4.78, 5) is 0. The monoisotopic (exact) mass is 172 g/mol. The minimum atomic E-state index is 0.501. The van der Waals surface area contributed by atoms with Crippen molar-refractivity contribution in [1.29, 1.82) is 0 Å². The number of thioether (sulfide) groups is 1.